The van der Waals surface area contributed by atoms with Crippen LogP contribution in [0.4, 0.5) is 0 Å². The Kier molecular flexibility index (Phi) is 14.5. The van der Waals surface area contributed by atoms with E-state index >= 15 is 0 Å². The Bertz CT molecular complexity index is 291. The van der Waals surface area contributed by atoms with E-state index in [0.717, 1.165) is 12.3 Å². The molecular formula is C21H40O3. The van der Waals surface area contributed by atoms with Crippen molar-refractivity contribution in [1.82, 2.24) is 0 Å². The summed E-state index contributed by atoms with van der Waals surface area (Å²) in [6.45, 7) is 0.749. The summed E-state index contributed by atoms with van der Waals surface area (Å²) >= 11 is 0. The first-order valence-corrected chi connectivity index (χ1v) is 10.4. The molecule has 0 saturated carbocycles. The van der Waals surface area contributed by atoms with Gasteiger partial charge < -0.3 is 14.9 Å². The van der Waals surface area contributed by atoms with Gasteiger partial charge in [-0.1, -0.05) is 76.4 Å². The van der Waals surface area contributed by atoms with Gasteiger partial charge in [-0.2, -0.15) is 0 Å². The summed E-state index contributed by atoms with van der Waals surface area (Å²) in [5, 5.41) is 17.8. The Balaban J connectivity index is 1.66. The van der Waals surface area contributed by atoms with E-state index in [1.807, 2.05) is 0 Å². The number of aliphatic hydroxyl groups excluding tert-OH is 2. The number of hydrogen-bond acceptors (Lipinski definition) is 3. The summed E-state index contributed by atoms with van der Waals surface area (Å²) in [7, 11) is 0. The van der Waals surface area contributed by atoms with Crippen LogP contribution in [0.5, 0.6) is 0 Å². The average Bonchev–Trinajstić information content (AvgIpc) is 3.11. The van der Waals surface area contributed by atoms with Gasteiger partial charge in [0.15, 0.2) is 0 Å². The molecule has 1 aliphatic carbocycles. The highest BCUT2D eigenvalue weighted by Gasteiger charge is 2.07. The lowest BCUT2D eigenvalue weighted by atomic mass is 9.99. The highest BCUT2D eigenvalue weighted by atomic mass is 16.5. The predicted octanol–water partition coefficient (Wildman–Crippen LogP) is 5.00. The second-order valence-corrected chi connectivity index (χ2v) is 7.35. The van der Waals surface area contributed by atoms with E-state index in [1.165, 1.54) is 83.5 Å². The van der Waals surface area contributed by atoms with E-state index in [4.69, 9.17) is 14.9 Å². The minimum Gasteiger partial charge on any atom is -0.394 e. The molecule has 24 heavy (non-hydrogen) atoms. The van der Waals surface area contributed by atoms with Gasteiger partial charge in [-0.15, -0.1) is 0 Å². The number of hydrogen-bond donors (Lipinski definition) is 2. The number of rotatable bonds is 17. The van der Waals surface area contributed by atoms with Crippen molar-refractivity contribution in [2.24, 2.45) is 5.92 Å². The first-order valence-electron chi connectivity index (χ1n) is 10.4. The van der Waals surface area contributed by atoms with Gasteiger partial charge in [0.2, 0.25) is 0 Å². The fraction of sp³-hybridized carbons (Fsp3) is 0.905. The molecule has 3 heteroatoms. The van der Waals surface area contributed by atoms with Gasteiger partial charge in [0.25, 0.3) is 0 Å². The second-order valence-electron chi connectivity index (χ2n) is 7.35. The van der Waals surface area contributed by atoms with Crippen LogP contribution in [-0.4, -0.2) is 36.1 Å². The van der Waals surface area contributed by atoms with Crippen LogP contribution >= 0.6 is 0 Å². The van der Waals surface area contributed by atoms with Crippen molar-refractivity contribution in [1.29, 1.82) is 0 Å². The Hall–Kier alpha value is -0.380. The van der Waals surface area contributed by atoms with E-state index in [-0.39, 0.29) is 13.2 Å². The summed E-state index contributed by atoms with van der Waals surface area (Å²) in [5.41, 5.74) is 0. The third-order valence-corrected chi connectivity index (χ3v) is 5.00. The summed E-state index contributed by atoms with van der Waals surface area (Å²) in [6.07, 6.45) is 23.0. The molecular weight excluding hydrogens is 300 g/mol. The average molecular weight is 341 g/mol. The molecule has 0 aliphatic heterocycles. The first kappa shape index (κ1) is 21.7. The third kappa shape index (κ3) is 13.0. The van der Waals surface area contributed by atoms with E-state index in [2.05, 4.69) is 12.2 Å². The molecule has 0 spiro atoms. The van der Waals surface area contributed by atoms with Crippen LogP contribution < -0.4 is 0 Å². The maximum absolute atomic E-state index is 9.12. The molecule has 1 aliphatic rings. The molecule has 1 rings (SSSR count). The number of ether oxygens (including phenoxy) is 1. The van der Waals surface area contributed by atoms with Crippen LogP contribution in [0.25, 0.3) is 0 Å². The smallest absolute Gasteiger partial charge is 0.100 e. The molecule has 0 amide bonds. The third-order valence-electron chi connectivity index (χ3n) is 5.00. The highest BCUT2D eigenvalue weighted by Crippen LogP contribution is 2.23. The summed E-state index contributed by atoms with van der Waals surface area (Å²) in [5.74, 6) is 0.898. The summed E-state index contributed by atoms with van der Waals surface area (Å²) in [4.78, 5) is 0. The molecule has 0 radical (unpaired) electrons. The Morgan fingerprint density at radius 3 is 2.00 bits per heavy atom. The molecule has 0 aromatic rings. The van der Waals surface area contributed by atoms with Gasteiger partial charge in [0.1, 0.15) is 6.10 Å². The van der Waals surface area contributed by atoms with Crippen LogP contribution in [0.1, 0.15) is 89.9 Å². The Morgan fingerprint density at radius 2 is 1.46 bits per heavy atom. The Labute approximate surface area is 149 Å². The zero-order valence-electron chi connectivity index (χ0n) is 15.6. The van der Waals surface area contributed by atoms with Crippen molar-refractivity contribution in [3.63, 3.8) is 0 Å². The summed E-state index contributed by atoms with van der Waals surface area (Å²) in [6, 6.07) is 0. The molecule has 0 fully saturated rings. The van der Waals surface area contributed by atoms with E-state index in [0.29, 0.717) is 6.61 Å². The molecule has 0 aromatic heterocycles. The topological polar surface area (TPSA) is 49.7 Å². The van der Waals surface area contributed by atoms with Crippen LogP contribution in [-0.2, 0) is 4.74 Å². The SMILES string of the molecule is OC[C@H](O)COCCCCCCCCCCCCC[C@@H]1C=CCC1. The lowest BCUT2D eigenvalue weighted by Crippen LogP contribution is -2.19. The van der Waals surface area contributed by atoms with Gasteiger partial charge >= 0.3 is 0 Å². The lowest BCUT2D eigenvalue weighted by Gasteiger charge is -2.08. The number of unbranched alkanes of at least 4 members (excludes halogenated alkanes) is 10. The number of allylic oxidation sites excluding steroid dienone is 2. The summed E-state index contributed by atoms with van der Waals surface area (Å²) < 4.78 is 5.30. The van der Waals surface area contributed by atoms with Crippen molar-refractivity contribution in [2.75, 3.05) is 19.8 Å². The maximum Gasteiger partial charge on any atom is 0.100 e. The minimum atomic E-state index is -0.718. The first-order chi connectivity index (χ1) is 11.8. The van der Waals surface area contributed by atoms with Crippen molar-refractivity contribution in [3.8, 4) is 0 Å². The maximum atomic E-state index is 9.12. The molecule has 2 N–H and O–H groups in total. The van der Waals surface area contributed by atoms with Crippen LogP contribution in [0.2, 0.25) is 0 Å². The fourth-order valence-electron chi connectivity index (χ4n) is 3.41. The van der Waals surface area contributed by atoms with Gasteiger partial charge in [-0.25, -0.2) is 0 Å². The predicted molar refractivity (Wildman–Crippen MR) is 101 cm³/mol. The normalized spacial score (nSPS) is 18.3. The van der Waals surface area contributed by atoms with Crippen molar-refractivity contribution in [2.45, 2.75) is 96.0 Å². The van der Waals surface area contributed by atoms with Crippen LogP contribution in [0.15, 0.2) is 12.2 Å². The molecule has 0 saturated heterocycles. The molecule has 0 aromatic carbocycles. The fourth-order valence-corrected chi connectivity index (χ4v) is 3.41. The van der Waals surface area contributed by atoms with Crippen LogP contribution in [0, 0.1) is 5.92 Å². The van der Waals surface area contributed by atoms with Crippen molar-refractivity contribution in [3.05, 3.63) is 12.2 Å². The van der Waals surface area contributed by atoms with E-state index in [1.54, 1.807) is 0 Å². The molecule has 142 valence electrons. The standard InChI is InChI=1S/C21H40O3/c22-18-21(23)19-24-17-13-9-7-5-3-1-2-4-6-8-10-14-20-15-11-12-16-20/h11,15,20-23H,1-10,12-14,16-19H2/t20-,21+/m1/s1. The highest BCUT2D eigenvalue weighted by molar-refractivity contribution is 4.95. The van der Waals surface area contributed by atoms with Gasteiger partial charge in [0.05, 0.1) is 13.2 Å². The van der Waals surface area contributed by atoms with Gasteiger partial charge in [0, 0.05) is 6.61 Å². The van der Waals surface area contributed by atoms with Gasteiger partial charge in [-0.05, 0) is 31.6 Å². The van der Waals surface area contributed by atoms with Crippen molar-refractivity contribution < 1.29 is 14.9 Å². The quantitative estimate of drug-likeness (QED) is 0.289. The molecule has 2 atom stereocenters. The zero-order valence-corrected chi connectivity index (χ0v) is 15.6. The lowest BCUT2D eigenvalue weighted by molar-refractivity contribution is 0.00526. The molecule has 3 nitrogen and oxygen atoms in total. The zero-order chi connectivity index (χ0) is 17.3. The second kappa shape index (κ2) is 16.1. The Morgan fingerprint density at radius 1 is 0.875 bits per heavy atom. The monoisotopic (exact) mass is 340 g/mol. The number of aliphatic hydroxyl groups is 2. The van der Waals surface area contributed by atoms with E-state index in [9.17, 15) is 0 Å². The minimum absolute atomic E-state index is 0.210. The molecule has 0 bridgehead atoms. The molecule has 0 unspecified atom stereocenters. The molecule has 0 heterocycles. The van der Waals surface area contributed by atoms with Gasteiger partial charge in [-0.3, -0.25) is 0 Å². The van der Waals surface area contributed by atoms with Crippen molar-refractivity contribution >= 4 is 0 Å². The van der Waals surface area contributed by atoms with E-state index < -0.39 is 6.10 Å². The van der Waals surface area contributed by atoms with Crippen LogP contribution in [0.3, 0.4) is 0 Å². The largest absolute Gasteiger partial charge is 0.394 e.